The van der Waals surface area contributed by atoms with Crippen LogP contribution in [-0.4, -0.2) is 24.0 Å². The third-order valence-electron chi connectivity index (χ3n) is 4.02. The maximum Gasteiger partial charge on any atom is 0.277 e. The molecule has 1 aliphatic heterocycles. The molecule has 2 heterocycles. The lowest BCUT2D eigenvalue weighted by Gasteiger charge is -2.19. The number of piperidine rings is 1. The molecule has 2 N–H and O–H groups in total. The molecule has 1 aromatic heterocycles. The first-order valence-corrected chi connectivity index (χ1v) is 7.82. The number of oxazole rings is 1. The van der Waals surface area contributed by atoms with Crippen LogP contribution in [0.1, 0.15) is 47.6 Å². The van der Waals surface area contributed by atoms with Crippen LogP contribution in [0.25, 0.3) is 0 Å². The Morgan fingerprint density at radius 2 is 2.23 bits per heavy atom. The van der Waals surface area contributed by atoms with Gasteiger partial charge in [-0.05, 0) is 43.5 Å². The fraction of sp³-hybridized carbons (Fsp3) is 0.412. The van der Waals surface area contributed by atoms with Gasteiger partial charge < -0.3 is 15.1 Å². The van der Waals surface area contributed by atoms with E-state index in [1.54, 1.807) is 0 Å². The average Bonchev–Trinajstić information content (AvgIpc) is 3.06. The third kappa shape index (κ3) is 3.36. The zero-order valence-electron chi connectivity index (χ0n) is 12.8. The van der Waals surface area contributed by atoms with Gasteiger partial charge in [0.25, 0.3) is 5.91 Å². The molecule has 0 spiro atoms. The molecule has 116 valence electrons. The molecule has 2 aromatic rings. The number of benzene rings is 1. The van der Waals surface area contributed by atoms with E-state index in [-0.39, 0.29) is 11.8 Å². The summed E-state index contributed by atoms with van der Waals surface area (Å²) in [5, 5.41) is 6.17. The van der Waals surface area contributed by atoms with E-state index in [4.69, 9.17) is 4.42 Å². The van der Waals surface area contributed by atoms with E-state index in [1.807, 2.05) is 24.3 Å². The van der Waals surface area contributed by atoms with E-state index in [2.05, 4.69) is 22.5 Å². The quantitative estimate of drug-likeness (QED) is 0.911. The Kier molecular flexibility index (Phi) is 4.53. The second-order valence-electron chi connectivity index (χ2n) is 5.62. The number of carbonyl (C=O) groups is 1. The van der Waals surface area contributed by atoms with Gasteiger partial charge in [0.05, 0.1) is 0 Å². The number of hydrogen-bond donors (Lipinski definition) is 2. The van der Waals surface area contributed by atoms with Gasteiger partial charge in [-0.1, -0.05) is 19.1 Å². The molecule has 0 saturated carbocycles. The van der Waals surface area contributed by atoms with Crippen molar-refractivity contribution in [2.45, 2.75) is 32.1 Å². The molecule has 0 radical (unpaired) electrons. The molecule has 0 bridgehead atoms. The lowest BCUT2D eigenvalue weighted by atomic mass is 10.00. The first-order chi connectivity index (χ1) is 10.8. The molecule has 1 fully saturated rings. The number of nitrogens with zero attached hydrogens (tertiary/aromatic N) is 1. The van der Waals surface area contributed by atoms with Crippen molar-refractivity contribution < 1.29 is 9.21 Å². The summed E-state index contributed by atoms with van der Waals surface area (Å²) in [5.74, 6) is 0.681. The number of nitrogens with one attached hydrogen (secondary N) is 2. The van der Waals surface area contributed by atoms with Gasteiger partial charge in [-0.15, -0.1) is 0 Å². The van der Waals surface area contributed by atoms with Gasteiger partial charge in [0, 0.05) is 18.2 Å². The van der Waals surface area contributed by atoms with Crippen LogP contribution in [0, 0.1) is 0 Å². The minimum atomic E-state index is -0.233. The molecule has 1 atom stereocenters. The monoisotopic (exact) mass is 299 g/mol. The topological polar surface area (TPSA) is 67.2 Å². The predicted molar refractivity (Wildman–Crippen MR) is 85.1 cm³/mol. The van der Waals surface area contributed by atoms with E-state index >= 15 is 0 Å². The number of rotatable bonds is 4. The number of carbonyl (C=O) groups excluding carboxylic acids is 1. The fourth-order valence-corrected chi connectivity index (χ4v) is 2.66. The molecule has 5 heteroatoms. The Morgan fingerprint density at radius 1 is 1.41 bits per heavy atom. The van der Waals surface area contributed by atoms with Crippen molar-refractivity contribution in [2.75, 3.05) is 18.4 Å². The van der Waals surface area contributed by atoms with Gasteiger partial charge in [0.2, 0.25) is 0 Å². The Balaban J connectivity index is 1.65. The highest BCUT2D eigenvalue weighted by Gasteiger charge is 2.22. The number of anilines is 1. The average molecular weight is 299 g/mol. The summed E-state index contributed by atoms with van der Waals surface area (Å²) in [7, 11) is 0. The summed E-state index contributed by atoms with van der Waals surface area (Å²) >= 11 is 0. The molecular weight excluding hydrogens is 278 g/mol. The molecule has 0 aliphatic carbocycles. The van der Waals surface area contributed by atoms with Gasteiger partial charge in [-0.3, -0.25) is 4.79 Å². The van der Waals surface area contributed by atoms with Crippen LogP contribution in [0.5, 0.6) is 0 Å². The lowest BCUT2D eigenvalue weighted by Crippen LogP contribution is -2.28. The summed E-state index contributed by atoms with van der Waals surface area (Å²) in [6.07, 6.45) is 4.58. The summed E-state index contributed by atoms with van der Waals surface area (Å²) < 4.78 is 5.49. The first-order valence-electron chi connectivity index (χ1n) is 7.82. The molecule has 1 aromatic carbocycles. The molecule has 1 unspecified atom stereocenters. The third-order valence-corrected chi connectivity index (χ3v) is 4.02. The van der Waals surface area contributed by atoms with Crippen molar-refractivity contribution in [3.05, 3.63) is 47.7 Å². The van der Waals surface area contributed by atoms with Crippen molar-refractivity contribution in [1.29, 1.82) is 0 Å². The minimum absolute atomic E-state index is 0.233. The zero-order valence-corrected chi connectivity index (χ0v) is 12.8. The summed E-state index contributed by atoms with van der Waals surface area (Å²) in [6, 6.07) is 7.83. The second-order valence-corrected chi connectivity index (χ2v) is 5.62. The summed E-state index contributed by atoms with van der Waals surface area (Å²) in [5.41, 5.74) is 2.35. The Morgan fingerprint density at radius 3 is 2.91 bits per heavy atom. The van der Waals surface area contributed by atoms with Crippen LogP contribution < -0.4 is 10.6 Å². The van der Waals surface area contributed by atoms with E-state index in [9.17, 15) is 4.79 Å². The highest BCUT2D eigenvalue weighted by molar-refractivity contribution is 6.02. The Labute approximate surface area is 130 Å². The van der Waals surface area contributed by atoms with Crippen LogP contribution in [0.3, 0.4) is 0 Å². The SMILES string of the molecule is CCc1ccc(NC(=O)c2coc(C3CCCNC3)n2)cc1. The highest BCUT2D eigenvalue weighted by Crippen LogP contribution is 2.22. The molecule has 1 saturated heterocycles. The van der Waals surface area contributed by atoms with Gasteiger partial charge in [0.1, 0.15) is 6.26 Å². The summed E-state index contributed by atoms with van der Waals surface area (Å²) in [6.45, 7) is 4.00. The van der Waals surface area contributed by atoms with E-state index in [0.29, 0.717) is 11.6 Å². The van der Waals surface area contributed by atoms with E-state index in [1.165, 1.54) is 11.8 Å². The standard InChI is InChI=1S/C17H21N3O2/c1-2-12-5-7-14(8-6-12)19-16(21)15-11-22-17(20-15)13-4-3-9-18-10-13/h5-8,11,13,18H,2-4,9-10H2,1H3,(H,19,21). The van der Waals surface area contributed by atoms with Gasteiger partial charge in [0.15, 0.2) is 11.6 Å². The number of aryl methyl sites for hydroxylation is 1. The maximum atomic E-state index is 12.2. The predicted octanol–water partition coefficient (Wildman–Crippen LogP) is 2.96. The van der Waals surface area contributed by atoms with Crippen LogP contribution in [-0.2, 0) is 6.42 Å². The normalized spacial score (nSPS) is 18.1. The number of amides is 1. The van der Waals surface area contributed by atoms with Crippen LogP contribution in [0.2, 0.25) is 0 Å². The van der Waals surface area contributed by atoms with Crippen molar-refractivity contribution >= 4 is 11.6 Å². The smallest absolute Gasteiger partial charge is 0.277 e. The van der Waals surface area contributed by atoms with Crippen molar-refractivity contribution in [3.8, 4) is 0 Å². The molecule has 1 aliphatic rings. The number of aromatic nitrogens is 1. The molecular formula is C17H21N3O2. The minimum Gasteiger partial charge on any atom is -0.448 e. The molecule has 5 nitrogen and oxygen atoms in total. The van der Waals surface area contributed by atoms with Crippen molar-refractivity contribution in [1.82, 2.24) is 10.3 Å². The van der Waals surface area contributed by atoms with Crippen LogP contribution in [0.4, 0.5) is 5.69 Å². The lowest BCUT2D eigenvalue weighted by molar-refractivity contribution is 0.102. The van der Waals surface area contributed by atoms with Crippen LogP contribution >= 0.6 is 0 Å². The largest absolute Gasteiger partial charge is 0.448 e. The first kappa shape index (κ1) is 14.8. The highest BCUT2D eigenvalue weighted by atomic mass is 16.3. The van der Waals surface area contributed by atoms with Gasteiger partial charge in [-0.25, -0.2) is 4.98 Å². The maximum absolute atomic E-state index is 12.2. The van der Waals surface area contributed by atoms with Crippen LogP contribution in [0.15, 0.2) is 34.9 Å². The molecule has 3 rings (SSSR count). The number of hydrogen-bond acceptors (Lipinski definition) is 4. The molecule has 1 amide bonds. The Bertz CT molecular complexity index is 628. The molecule has 22 heavy (non-hydrogen) atoms. The van der Waals surface area contributed by atoms with E-state index in [0.717, 1.165) is 38.0 Å². The second kappa shape index (κ2) is 6.75. The van der Waals surface area contributed by atoms with Crippen molar-refractivity contribution in [3.63, 3.8) is 0 Å². The fourth-order valence-electron chi connectivity index (χ4n) is 2.66. The Hall–Kier alpha value is -2.14. The van der Waals surface area contributed by atoms with E-state index < -0.39 is 0 Å². The van der Waals surface area contributed by atoms with Gasteiger partial charge in [-0.2, -0.15) is 0 Å². The van der Waals surface area contributed by atoms with Crippen molar-refractivity contribution in [2.24, 2.45) is 0 Å². The zero-order chi connectivity index (χ0) is 15.4. The summed E-state index contributed by atoms with van der Waals surface area (Å²) in [4.78, 5) is 16.6. The van der Waals surface area contributed by atoms with Gasteiger partial charge >= 0.3 is 0 Å².